The molecule has 2 amide bonds. The third kappa shape index (κ3) is 4.64. The maximum Gasteiger partial charge on any atom is 0.317 e. The highest BCUT2D eigenvalue weighted by Gasteiger charge is 2.23. The molecular formula is C22H32N4O. The summed E-state index contributed by atoms with van der Waals surface area (Å²) in [5.74, 6) is 0. The van der Waals surface area contributed by atoms with E-state index in [1.165, 1.54) is 42.1 Å². The molecule has 1 saturated carbocycles. The number of para-hydroxylation sites is 1. The molecule has 5 heteroatoms. The van der Waals surface area contributed by atoms with Gasteiger partial charge in [-0.25, -0.2) is 4.79 Å². The van der Waals surface area contributed by atoms with Crippen molar-refractivity contribution in [2.24, 2.45) is 0 Å². The van der Waals surface area contributed by atoms with Crippen molar-refractivity contribution in [3.05, 3.63) is 36.0 Å². The fourth-order valence-corrected chi connectivity index (χ4v) is 4.48. The van der Waals surface area contributed by atoms with Crippen LogP contribution in [-0.2, 0) is 6.42 Å². The summed E-state index contributed by atoms with van der Waals surface area (Å²) < 4.78 is 0. The molecule has 1 aliphatic carbocycles. The van der Waals surface area contributed by atoms with Crippen molar-refractivity contribution in [3.8, 4) is 0 Å². The van der Waals surface area contributed by atoms with Crippen LogP contribution in [0.2, 0.25) is 0 Å². The highest BCUT2D eigenvalue weighted by molar-refractivity contribution is 5.83. The maximum atomic E-state index is 12.6. The van der Waals surface area contributed by atoms with Gasteiger partial charge in [0, 0.05) is 55.9 Å². The Morgan fingerprint density at radius 2 is 1.78 bits per heavy atom. The summed E-state index contributed by atoms with van der Waals surface area (Å²) in [6, 6.07) is 9.03. The molecule has 0 unspecified atom stereocenters. The zero-order valence-corrected chi connectivity index (χ0v) is 16.3. The minimum atomic E-state index is 0.151. The van der Waals surface area contributed by atoms with E-state index in [0.29, 0.717) is 6.04 Å². The number of nitrogens with one attached hydrogen (secondary N) is 2. The maximum absolute atomic E-state index is 12.6. The molecule has 5 nitrogen and oxygen atoms in total. The second-order valence-corrected chi connectivity index (χ2v) is 8.08. The number of aromatic amines is 1. The Kier molecular flexibility index (Phi) is 5.97. The molecule has 2 fully saturated rings. The molecule has 1 saturated heterocycles. The zero-order chi connectivity index (χ0) is 18.5. The van der Waals surface area contributed by atoms with Gasteiger partial charge in [0.15, 0.2) is 0 Å². The largest absolute Gasteiger partial charge is 0.361 e. The first kappa shape index (κ1) is 18.4. The minimum Gasteiger partial charge on any atom is -0.361 e. The molecule has 146 valence electrons. The van der Waals surface area contributed by atoms with Crippen LogP contribution >= 0.6 is 0 Å². The van der Waals surface area contributed by atoms with E-state index in [4.69, 9.17) is 0 Å². The molecule has 0 spiro atoms. The van der Waals surface area contributed by atoms with Gasteiger partial charge in [0.2, 0.25) is 0 Å². The van der Waals surface area contributed by atoms with E-state index in [0.717, 1.165) is 52.0 Å². The average Bonchev–Trinajstić information content (AvgIpc) is 2.94. The molecule has 0 bridgehead atoms. The molecule has 2 heterocycles. The first-order valence-corrected chi connectivity index (χ1v) is 10.6. The van der Waals surface area contributed by atoms with E-state index in [9.17, 15) is 4.79 Å². The van der Waals surface area contributed by atoms with Crippen molar-refractivity contribution in [2.45, 2.75) is 51.0 Å². The normalized spacial score (nSPS) is 19.9. The van der Waals surface area contributed by atoms with Gasteiger partial charge >= 0.3 is 6.03 Å². The summed E-state index contributed by atoms with van der Waals surface area (Å²) >= 11 is 0. The Balaban J connectivity index is 1.22. The Bertz CT molecular complexity index is 740. The predicted molar refractivity (Wildman–Crippen MR) is 110 cm³/mol. The third-order valence-corrected chi connectivity index (χ3v) is 6.21. The summed E-state index contributed by atoms with van der Waals surface area (Å²) in [5, 5.41) is 4.61. The number of benzene rings is 1. The van der Waals surface area contributed by atoms with E-state index in [1.54, 1.807) is 0 Å². The number of hydrogen-bond donors (Lipinski definition) is 2. The lowest BCUT2D eigenvalue weighted by atomic mass is 10.1. The van der Waals surface area contributed by atoms with Crippen molar-refractivity contribution in [1.82, 2.24) is 20.1 Å². The van der Waals surface area contributed by atoms with Gasteiger partial charge in [-0.2, -0.15) is 0 Å². The number of piperazine rings is 1. The van der Waals surface area contributed by atoms with Crippen LogP contribution in [0.4, 0.5) is 4.79 Å². The lowest BCUT2D eigenvalue weighted by molar-refractivity contribution is 0.137. The average molecular weight is 369 g/mol. The molecule has 0 atom stereocenters. The molecule has 2 aliphatic rings. The van der Waals surface area contributed by atoms with Gasteiger partial charge in [0.25, 0.3) is 0 Å². The van der Waals surface area contributed by atoms with Crippen molar-refractivity contribution in [3.63, 3.8) is 0 Å². The van der Waals surface area contributed by atoms with Gasteiger partial charge in [-0.1, -0.05) is 43.9 Å². The second-order valence-electron chi connectivity index (χ2n) is 8.08. The Hall–Kier alpha value is -2.01. The van der Waals surface area contributed by atoms with E-state index in [2.05, 4.69) is 45.7 Å². The summed E-state index contributed by atoms with van der Waals surface area (Å²) in [7, 11) is 0. The summed E-state index contributed by atoms with van der Waals surface area (Å²) in [6.45, 7) is 4.68. The van der Waals surface area contributed by atoms with Gasteiger partial charge in [0.1, 0.15) is 0 Å². The second kappa shape index (κ2) is 8.79. The van der Waals surface area contributed by atoms with Gasteiger partial charge in [-0.05, 0) is 30.9 Å². The van der Waals surface area contributed by atoms with E-state index in [1.807, 2.05) is 4.90 Å². The summed E-state index contributed by atoms with van der Waals surface area (Å²) in [6.07, 6.45) is 10.6. The highest BCUT2D eigenvalue weighted by Crippen LogP contribution is 2.19. The van der Waals surface area contributed by atoms with Crippen LogP contribution in [-0.4, -0.2) is 59.6 Å². The highest BCUT2D eigenvalue weighted by atomic mass is 16.2. The molecule has 1 aliphatic heterocycles. The monoisotopic (exact) mass is 368 g/mol. The zero-order valence-electron chi connectivity index (χ0n) is 16.3. The molecule has 1 aromatic heterocycles. The summed E-state index contributed by atoms with van der Waals surface area (Å²) in [5.41, 5.74) is 2.60. The topological polar surface area (TPSA) is 51.4 Å². The fourth-order valence-electron chi connectivity index (χ4n) is 4.48. The smallest absolute Gasteiger partial charge is 0.317 e. The van der Waals surface area contributed by atoms with E-state index < -0.39 is 0 Å². The van der Waals surface area contributed by atoms with Crippen LogP contribution in [0, 0.1) is 0 Å². The number of hydrogen-bond acceptors (Lipinski definition) is 2. The fraction of sp³-hybridized carbons (Fsp3) is 0.591. The van der Waals surface area contributed by atoms with Crippen LogP contribution in [0.5, 0.6) is 0 Å². The Morgan fingerprint density at radius 3 is 2.56 bits per heavy atom. The minimum absolute atomic E-state index is 0.151. The number of fused-ring (bicyclic) bond motifs is 1. The standard InChI is InChI=1S/C22H32N4O/c27-22(24-19-7-3-1-2-4-8-19)26-15-13-25(14-16-26)12-11-18-17-23-21-10-6-5-9-20(18)21/h5-6,9-10,17,19,23H,1-4,7-8,11-16H2,(H,24,27). The van der Waals surface area contributed by atoms with Crippen molar-refractivity contribution < 1.29 is 4.79 Å². The van der Waals surface area contributed by atoms with Crippen LogP contribution in [0.15, 0.2) is 30.5 Å². The Labute approximate surface area is 162 Å². The molecule has 1 aromatic carbocycles. The molecule has 2 N–H and O–H groups in total. The number of H-pyrrole nitrogens is 1. The van der Waals surface area contributed by atoms with Gasteiger partial charge < -0.3 is 15.2 Å². The van der Waals surface area contributed by atoms with Gasteiger partial charge in [-0.15, -0.1) is 0 Å². The number of urea groups is 1. The predicted octanol–water partition coefficient (Wildman–Crippen LogP) is 3.76. The van der Waals surface area contributed by atoms with Crippen LogP contribution < -0.4 is 5.32 Å². The van der Waals surface area contributed by atoms with Crippen LogP contribution in [0.1, 0.15) is 44.1 Å². The molecule has 2 aromatic rings. The molecular weight excluding hydrogens is 336 g/mol. The first-order chi connectivity index (χ1) is 13.3. The first-order valence-electron chi connectivity index (χ1n) is 10.6. The van der Waals surface area contributed by atoms with Crippen molar-refractivity contribution >= 4 is 16.9 Å². The van der Waals surface area contributed by atoms with Crippen LogP contribution in [0.25, 0.3) is 10.9 Å². The molecule has 4 rings (SSSR count). The van der Waals surface area contributed by atoms with E-state index in [-0.39, 0.29) is 6.03 Å². The number of amides is 2. The Morgan fingerprint density at radius 1 is 1.04 bits per heavy atom. The van der Waals surface area contributed by atoms with Gasteiger partial charge in [-0.3, -0.25) is 4.90 Å². The van der Waals surface area contributed by atoms with Gasteiger partial charge in [0.05, 0.1) is 0 Å². The van der Waals surface area contributed by atoms with E-state index >= 15 is 0 Å². The molecule has 0 radical (unpaired) electrons. The molecule has 27 heavy (non-hydrogen) atoms. The number of carbonyl (C=O) groups excluding carboxylic acids is 1. The number of rotatable bonds is 4. The number of nitrogens with zero attached hydrogens (tertiary/aromatic N) is 2. The van der Waals surface area contributed by atoms with Crippen molar-refractivity contribution in [2.75, 3.05) is 32.7 Å². The lowest BCUT2D eigenvalue weighted by Gasteiger charge is -2.35. The number of carbonyl (C=O) groups is 1. The summed E-state index contributed by atoms with van der Waals surface area (Å²) in [4.78, 5) is 20.4. The lowest BCUT2D eigenvalue weighted by Crippen LogP contribution is -2.53. The van der Waals surface area contributed by atoms with Crippen LogP contribution in [0.3, 0.4) is 0 Å². The SMILES string of the molecule is O=C(NC1CCCCCC1)N1CCN(CCc2c[nH]c3ccccc23)CC1. The quantitative estimate of drug-likeness (QED) is 0.808. The third-order valence-electron chi connectivity index (χ3n) is 6.21. The van der Waals surface area contributed by atoms with Crippen molar-refractivity contribution in [1.29, 1.82) is 0 Å². The number of aromatic nitrogens is 1.